The zero-order valence-corrected chi connectivity index (χ0v) is 18.3. The summed E-state index contributed by atoms with van der Waals surface area (Å²) in [5.74, 6) is -0.756. The number of benzene rings is 2. The van der Waals surface area contributed by atoms with E-state index in [-0.39, 0.29) is 5.75 Å². The molecule has 0 saturated heterocycles. The van der Waals surface area contributed by atoms with E-state index < -0.39 is 21.0 Å². The van der Waals surface area contributed by atoms with Gasteiger partial charge in [0.1, 0.15) is 10.3 Å². The minimum Gasteiger partial charge on any atom is -0.351 e. The number of rotatable bonds is 7. The topological polar surface area (TPSA) is 76.1 Å². The predicted octanol–water partition coefficient (Wildman–Crippen LogP) is 4.05. The van der Waals surface area contributed by atoms with Gasteiger partial charge in [-0.2, -0.15) is 0 Å². The summed E-state index contributed by atoms with van der Waals surface area (Å²) in [7, 11) is -3.67. The van der Waals surface area contributed by atoms with Crippen LogP contribution in [0.15, 0.2) is 53.9 Å². The normalized spacial score (nSPS) is 12.5. The summed E-state index contributed by atoms with van der Waals surface area (Å²) in [6, 6.07) is 15.7. The largest absolute Gasteiger partial charge is 0.351 e. The van der Waals surface area contributed by atoms with Gasteiger partial charge in [0.05, 0.1) is 11.4 Å². The first-order chi connectivity index (χ1) is 13.7. The van der Waals surface area contributed by atoms with E-state index in [0.29, 0.717) is 12.2 Å². The molecule has 0 spiro atoms. The quantitative estimate of drug-likeness (QED) is 0.616. The molecule has 0 aliphatic rings. The summed E-state index contributed by atoms with van der Waals surface area (Å²) in [5.41, 5.74) is 4.62. The number of carbonyl (C=O) groups is 1. The maximum absolute atomic E-state index is 12.7. The Kier molecular flexibility index (Phi) is 6.49. The van der Waals surface area contributed by atoms with Crippen molar-refractivity contribution >= 4 is 27.1 Å². The van der Waals surface area contributed by atoms with Crippen molar-refractivity contribution < 1.29 is 13.2 Å². The minimum absolute atomic E-state index is 0.255. The van der Waals surface area contributed by atoms with Gasteiger partial charge in [0.15, 0.2) is 9.84 Å². The molecule has 29 heavy (non-hydrogen) atoms. The molecule has 0 aliphatic heterocycles. The Bertz CT molecular complexity index is 1090. The fourth-order valence-electron chi connectivity index (χ4n) is 2.74. The van der Waals surface area contributed by atoms with E-state index in [1.807, 2.05) is 62.4 Å². The molecule has 0 fully saturated rings. The second-order valence-electron chi connectivity index (χ2n) is 7.16. The summed E-state index contributed by atoms with van der Waals surface area (Å²) in [6.45, 7) is 5.72. The van der Waals surface area contributed by atoms with Crippen molar-refractivity contribution in [3.8, 4) is 10.6 Å². The van der Waals surface area contributed by atoms with E-state index >= 15 is 0 Å². The molecule has 0 bridgehead atoms. The van der Waals surface area contributed by atoms with Crippen LogP contribution in [0.4, 0.5) is 0 Å². The molecule has 3 rings (SSSR count). The van der Waals surface area contributed by atoms with Crippen LogP contribution >= 0.6 is 11.3 Å². The van der Waals surface area contributed by atoms with Crippen LogP contribution in [0.3, 0.4) is 0 Å². The van der Waals surface area contributed by atoms with Gasteiger partial charge in [0.25, 0.3) is 0 Å². The van der Waals surface area contributed by atoms with Crippen LogP contribution in [0.1, 0.15) is 29.3 Å². The minimum atomic E-state index is -3.67. The van der Waals surface area contributed by atoms with E-state index in [4.69, 9.17) is 0 Å². The third kappa shape index (κ3) is 5.52. The Labute approximate surface area is 175 Å². The van der Waals surface area contributed by atoms with E-state index in [1.54, 1.807) is 5.38 Å². The number of nitrogens with one attached hydrogen (secondary N) is 1. The molecule has 3 aromatic rings. The van der Waals surface area contributed by atoms with Crippen LogP contribution in [0.25, 0.3) is 10.6 Å². The number of amides is 1. The predicted molar refractivity (Wildman–Crippen MR) is 117 cm³/mol. The molecule has 0 radical (unpaired) electrons. The van der Waals surface area contributed by atoms with E-state index in [2.05, 4.69) is 10.3 Å². The SMILES string of the molecule is Cc1ccc(CNC(=O)C(C)S(=O)(=O)Cc2csc(-c3ccc(C)cc3)n2)cc1. The zero-order valence-electron chi connectivity index (χ0n) is 16.7. The molecular weight excluding hydrogens is 404 g/mol. The van der Waals surface area contributed by atoms with Crippen LogP contribution in [0.5, 0.6) is 0 Å². The summed E-state index contributed by atoms with van der Waals surface area (Å²) in [6.07, 6.45) is 0. The highest BCUT2D eigenvalue weighted by Gasteiger charge is 2.29. The first kappa shape index (κ1) is 21.2. The molecular formula is C22H24N2O3S2. The van der Waals surface area contributed by atoms with Crippen molar-refractivity contribution in [3.63, 3.8) is 0 Å². The number of hydrogen-bond donors (Lipinski definition) is 1. The maximum atomic E-state index is 12.7. The lowest BCUT2D eigenvalue weighted by atomic mass is 10.1. The van der Waals surface area contributed by atoms with Crippen LogP contribution in [-0.2, 0) is 26.9 Å². The Morgan fingerprint density at radius 1 is 1.03 bits per heavy atom. The van der Waals surface area contributed by atoms with Crippen LogP contribution in [0, 0.1) is 13.8 Å². The van der Waals surface area contributed by atoms with Gasteiger partial charge >= 0.3 is 0 Å². The molecule has 1 heterocycles. The lowest BCUT2D eigenvalue weighted by Crippen LogP contribution is -2.38. The molecule has 152 valence electrons. The van der Waals surface area contributed by atoms with Gasteiger partial charge in [-0.3, -0.25) is 4.79 Å². The van der Waals surface area contributed by atoms with Gasteiger partial charge in [-0.25, -0.2) is 13.4 Å². The highest BCUT2D eigenvalue weighted by Crippen LogP contribution is 2.25. The molecule has 1 aromatic heterocycles. The monoisotopic (exact) mass is 428 g/mol. The van der Waals surface area contributed by atoms with Gasteiger partial charge < -0.3 is 5.32 Å². The fourth-order valence-corrected chi connectivity index (χ4v) is 4.89. The van der Waals surface area contributed by atoms with E-state index in [9.17, 15) is 13.2 Å². The number of nitrogens with zero attached hydrogens (tertiary/aromatic N) is 1. The molecule has 7 heteroatoms. The van der Waals surface area contributed by atoms with Gasteiger partial charge in [0, 0.05) is 17.5 Å². The molecule has 0 aliphatic carbocycles. The Morgan fingerprint density at radius 3 is 2.24 bits per heavy atom. The Hall–Kier alpha value is -2.51. The van der Waals surface area contributed by atoms with Crippen molar-refractivity contribution in [3.05, 3.63) is 76.3 Å². The third-order valence-corrected chi connectivity index (χ3v) is 7.62. The lowest BCUT2D eigenvalue weighted by molar-refractivity contribution is -0.120. The van der Waals surface area contributed by atoms with E-state index in [0.717, 1.165) is 27.3 Å². The fraction of sp³-hybridized carbons (Fsp3) is 0.273. The number of carbonyl (C=O) groups excluding carboxylic acids is 1. The average molecular weight is 429 g/mol. The summed E-state index contributed by atoms with van der Waals surface area (Å²) >= 11 is 1.40. The number of thiazole rings is 1. The first-order valence-corrected chi connectivity index (χ1v) is 11.9. The molecule has 1 unspecified atom stereocenters. The highest BCUT2D eigenvalue weighted by molar-refractivity contribution is 7.92. The van der Waals surface area contributed by atoms with Crippen LogP contribution < -0.4 is 5.32 Å². The Balaban J connectivity index is 1.63. The maximum Gasteiger partial charge on any atom is 0.238 e. The zero-order chi connectivity index (χ0) is 21.0. The first-order valence-electron chi connectivity index (χ1n) is 9.31. The van der Waals surface area contributed by atoms with Crippen LogP contribution in [0.2, 0.25) is 0 Å². The molecule has 5 nitrogen and oxygen atoms in total. The smallest absolute Gasteiger partial charge is 0.238 e. The van der Waals surface area contributed by atoms with Gasteiger partial charge in [-0.1, -0.05) is 59.7 Å². The second kappa shape index (κ2) is 8.88. The Morgan fingerprint density at radius 2 is 1.62 bits per heavy atom. The van der Waals surface area contributed by atoms with Gasteiger partial charge in [-0.05, 0) is 26.3 Å². The van der Waals surface area contributed by atoms with Crippen molar-refractivity contribution in [2.24, 2.45) is 0 Å². The van der Waals surface area contributed by atoms with Crippen molar-refractivity contribution in [2.45, 2.75) is 38.3 Å². The molecule has 0 saturated carbocycles. The van der Waals surface area contributed by atoms with Crippen molar-refractivity contribution in [2.75, 3.05) is 0 Å². The standard InChI is InChI=1S/C22H24N2O3S2/c1-15-4-8-18(9-5-15)12-23-21(25)17(3)29(26,27)14-20-13-28-22(24-20)19-10-6-16(2)7-11-19/h4-11,13,17H,12,14H2,1-3H3,(H,23,25). The molecule has 1 N–H and O–H groups in total. The average Bonchev–Trinajstić information content (AvgIpc) is 3.15. The number of hydrogen-bond acceptors (Lipinski definition) is 5. The van der Waals surface area contributed by atoms with Crippen molar-refractivity contribution in [1.82, 2.24) is 10.3 Å². The van der Waals surface area contributed by atoms with Crippen molar-refractivity contribution in [1.29, 1.82) is 0 Å². The molecule has 1 atom stereocenters. The van der Waals surface area contributed by atoms with Gasteiger partial charge in [0.2, 0.25) is 5.91 Å². The summed E-state index contributed by atoms with van der Waals surface area (Å²) in [5, 5.41) is 4.08. The number of aromatic nitrogens is 1. The lowest BCUT2D eigenvalue weighted by Gasteiger charge is -2.13. The molecule has 2 aromatic carbocycles. The second-order valence-corrected chi connectivity index (χ2v) is 10.3. The molecule has 1 amide bonds. The number of sulfone groups is 1. The summed E-state index contributed by atoms with van der Waals surface area (Å²) in [4.78, 5) is 16.8. The van der Waals surface area contributed by atoms with E-state index in [1.165, 1.54) is 18.3 Å². The van der Waals surface area contributed by atoms with Crippen LogP contribution in [-0.4, -0.2) is 24.6 Å². The van der Waals surface area contributed by atoms with Gasteiger partial charge in [-0.15, -0.1) is 11.3 Å². The highest BCUT2D eigenvalue weighted by atomic mass is 32.2. The third-order valence-electron chi connectivity index (χ3n) is 4.69. The summed E-state index contributed by atoms with van der Waals surface area (Å²) < 4.78 is 25.4. The number of aryl methyl sites for hydroxylation is 2.